The second-order valence-electron chi connectivity index (χ2n) is 19.9. The molecule has 2 aromatic carbocycles. The number of rotatable bonds is 9. The van der Waals surface area contributed by atoms with Crippen LogP contribution in [-0.4, -0.2) is 135 Å². The Bertz CT molecular complexity index is 3140. The Labute approximate surface area is 442 Å². The molecular weight excluding hydrogens is 1030 g/mol. The fraction of sp³-hybridized carbons (Fsp3) is 0.431. The molecule has 4 fully saturated rings. The third-order valence-corrected chi connectivity index (χ3v) is 13.1. The molecule has 21 nitrogen and oxygen atoms in total. The molecule has 0 aliphatic carbocycles. The van der Waals surface area contributed by atoms with Gasteiger partial charge in [-0.15, -0.1) is 10.2 Å². The fourth-order valence-electron chi connectivity index (χ4n) is 9.47. The van der Waals surface area contributed by atoms with Gasteiger partial charge in [0, 0.05) is 55.5 Å². The number of amides is 2. The third-order valence-electron chi connectivity index (χ3n) is 13.1. The first-order chi connectivity index (χ1) is 37.1. The largest absolute Gasteiger partial charge is 0.474 e. The van der Waals surface area contributed by atoms with E-state index in [-0.39, 0.29) is 42.1 Å². The van der Waals surface area contributed by atoms with Crippen LogP contribution in [0.5, 0.6) is 11.8 Å². The van der Waals surface area contributed by atoms with E-state index in [1.807, 2.05) is 27.7 Å². The lowest BCUT2D eigenvalue weighted by Crippen LogP contribution is -2.48. The summed E-state index contributed by atoms with van der Waals surface area (Å²) in [7, 11) is 0. The van der Waals surface area contributed by atoms with Gasteiger partial charge in [-0.3, -0.25) is 4.90 Å². The van der Waals surface area contributed by atoms with E-state index in [1.165, 1.54) is 35.5 Å². The molecule has 0 spiro atoms. The Morgan fingerprint density at radius 3 is 1.88 bits per heavy atom. The summed E-state index contributed by atoms with van der Waals surface area (Å²) in [5, 5.41) is 21.5. The average molecular weight is 1090 g/mol. The van der Waals surface area contributed by atoms with Gasteiger partial charge >= 0.3 is 18.4 Å². The zero-order chi connectivity index (χ0) is 55.0. The van der Waals surface area contributed by atoms with Crippen LogP contribution in [-0.2, 0) is 31.3 Å². The van der Waals surface area contributed by atoms with Gasteiger partial charge in [-0.2, -0.15) is 36.5 Å². The molecule has 4 aromatic heterocycles. The quantitative estimate of drug-likeness (QED) is 0.117. The van der Waals surface area contributed by atoms with Crippen LogP contribution in [0.4, 0.5) is 65.5 Å². The molecule has 0 radical (unpaired) electrons. The number of carbonyl (C=O) groups excluding carboxylic acids is 1. The summed E-state index contributed by atoms with van der Waals surface area (Å²) >= 11 is 0. The van der Waals surface area contributed by atoms with E-state index in [1.54, 1.807) is 30.6 Å². The summed E-state index contributed by atoms with van der Waals surface area (Å²) in [4.78, 5) is 36.9. The van der Waals surface area contributed by atoms with Crippen LogP contribution < -0.4 is 40.5 Å². The van der Waals surface area contributed by atoms with Gasteiger partial charge in [0.05, 0.1) is 77.9 Å². The Morgan fingerprint density at radius 1 is 0.731 bits per heavy atom. The molecular formula is C51H54F6N14O7. The van der Waals surface area contributed by atoms with E-state index in [0.29, 0.717) is 91.3 Å². The van der Waals surface area contributed by atoms with Crippen LogP contribution >= 0.6 is 0 Å². The maximum atomic E-state index is 13.6. The van der Waals surface area contributed by atoms with Crippen molar-refractivity contribution < 1.29 is 59.6 Å². The topological polar surface area (TPSA) is 235 Å². The molecule has 27 heteroatoms. The highest BCUT2D eigenvalue weighted by Crippen LogP contribution is 2.41. The number of nitrogens with zero attached hydrogens (tertiary/aromatic N) is 11. The van der Waals surface area contributed by atoms with Crippen LogP contribution in [0.2, 0.25) is 0 Å². The molecule has 4 saturated heterocycles. The first kappa shape index (κ1) is 53.6. The van der Waals surface area contributed by atoms with Gasteiger partial charge in [0.15, 0.2) is 34.9 Å². The Morgan fingerprint density at radius 2 is 1.29 bits per heavy atom. The maximum Gasteiger partial charge on any atom is 0.416 e. The van der Waals surface area contributed by atoms with Gasteiger partial charge in [-0.25, -0.2) is 24.7 Å². The van der Waals surface area contributed by atoms with Crippen molar-refractivity contribution in [2.24, 2.45) is 0 Å². The number of nitrogens with one attached hydrogen (secondary N) is 2. The summed E-state index contributed by atoms with van der Waals surface area (Å²) in [6, 6.07) is 12.8. The van der Waals surface area contributed by atoms with Crippen molar-refractivity contribution in [3.05, 3.63) is 96.6 Å². The van der Waals surface area contributed by atoms with Gasteiger partial charge in [0.2, 0.25) is 11.8 Å². The molecule has 412 valence electrons. The number of urea groups is 1. The SMILES string of the molecule is CC1(C)OC[C@H](COc2cc(N)cnn2)O1.CC1(C)OC[C@H](COc2cc(NC(=O)N3c4nc(-c5cccc(C(F)(F)F)c5)ncc4N4CC[C@H]3C4)cnn2)O1.FC(F)(F)c1cccc(-c2ncc3c(n2)N[C@H]2CCN3C2)c1. The predicted molar refractivity (Wildman–Crippen MR) is 271 cm³/mol. The highest BCUT2D eigenvalue weighted by molar-refractivity contribution is 6.04. The fourth-order valence-corrected chi connectivity index (χ4v) is 9.47. The zero-order valence-corrected chi connectivity index (χ0v) is 42.6. The number of hydrogen-bond acceptors (Lipinski definition) is 19. The molecule has 2 amide bonds. The number of halogens is 6. The smallest absolute Gasteiger partial charge is 0.416 e. The molecule has 10 heterocycles. The minimum Gasteiger partial charge on any atom is -0.474 e. The first-order valence-electron chi connectivity index (χ1n) is 24.9. The normalized spacial score (nSPS) is 21.3. The summed E-state index contributed by atoms with van der Waals surface area (Å²) in [6.07, 6.45) is -1.39. The van der Waals surface area contributed by atoms with E-state index < -0.39 is 41.1 Å². The molecule has 6 aliphatic heterocycles. The highest BCUT2D eigenvalue weighted by Gasteiger charge is 2.42. The number of nitrogen functional groups attached to an aromatic ring is 1. The molecule has 6 aromatic rings. The number of fused-ring (bicyclic) bond motifs is 8. The number of anilines is 6. The van der Waals surface area contributed by atoms with Crippen LogP contribution in [0.3, 0.4) is 0 Å². The molecule has 0 unspecified atom stereocenters. The lowest BCUT2D eigenvalue weighted by molar-refractivity contribution is -0.142. The number of nitrogens with two attached hydrogens (primary N) is 1. The lowest BCUT2D eigenvalue weighted by Gasteiger charge is -2.35. The second kappa shape index (κ2) is 21.6. The molecule has 4 N–H and O–H groups in total. The minimum atomic E-state index is -4.50. The van der Waals surface area contributed by atoms with Crippen molar-refractivity contribution >= 4 is 40.4 Å². The Hall–Kier alpha value is -7.75. The van der Waals surface area contributed by atoms with Crippen LogP contribution in [0, 0.1) is 0 Å². The maximum absolute atomic E-state index is 13.6. The Kier molecular flexibility index (Phi) is 14.8. The monoisotopic (exact) mass is 1090 g/mol. The van der Waals surface area contributed by atoms with Crippen molar-refractivity contribution in [1.82, 2.24) is 40.3 Å². The molecule has 6 aliphatic rings. The number of benzene rings is 2. The summed E-state index contributed by atoms with van der Waals surface area (Å²) in [5.41, 5.74) is 7.06. The average Bonchev–Trinajstić information content (AvgIpc) is 4.21. The summed E-state index contributed by atoms with van der Waals surface area (Å²) < 4.78 is 112. The van der Waals surface area contributed by atoms with Crippen molar-refractivity contribution in [2.75, 3.05) is 83.7 Å². The second-order valence-corrected chi connectivity index (χ2v) is 19.9. The van der Waals surface area contributed by atoms with Gasteiger partial charge in [0.25, 0.3) is 0 Å². The van der Waals surface area contributed by atoms with Gasteiger partial charge in [-0.1, -0.05) is 24.3 Å². The van der Waals surface area contributed by atoms with Crippen LogP contribution in [0.1, 0.15) is 51.7 Å². The third kappa shape index (κ3) is 12.6. The molecule has 0 saturated carbocycles. The number of aromatic nitrogens is 8. The zero-order valence-electron chi connectivity index (χ0n) is 42.6. The van der Waals surface area contributed by atoms with E-state index in [0.717, 1.165) is 49.5 Å². The van der Waals surface area contributed by atoms with Crippen molar-refractivity contribution in [3.8, 4) is 34.5 Å². The van der Waals surface area contributed by atoms with E-state index >= 15 is 0 Å². The number of hydrogen-bond donors (Lipinski definition) is 3. The number of alkyl halides is 6. The van der Waals surface area contributed by atoms with Crippen molar-refractivity contribution in [2.45, 2.75) is 88.8 Å². The number of carbonyl (C=O) groups is 1. The summed E-state index contributed by atoms with van der Waals surface area (Å²) in [6.45, 7) is 12.0. The predicted octanol–water partition coefficient (Wildman–Crippen LogP) is 7.87. The molecule has 4 atom stereocenters. The van der Waals surface area contributed by atoms with E-state index in [4.69, 9.17) is 34.2 Å². The van der Waals surface area contributed by atoms with Crippen LogP contribution in [0.25, 0.3) is 22.8 Å². The standard InChI is InChI=1S/C26H26F3N7O4.C15H13F3N4.C10H15N3O3/c1-25(2)39-14-19(40-25)13-38-21-9-17(10-31-34-21)32-24(37)36-18-6-7-35(12-18)20-11-30-22(33-23(20)36)15-4-3-5-16(8-15)26(27,28)29;16-15(17,18)10-3-1-2-9(6-10)13-19-7-12-14(21-13)20-11-4-5-22(12)8-11;1-10(2)15-6-8(16-10)5-14-9-3-7(11)4-12-13-9/h3-5,8-11,18-19H,6-7,12-14H2,1-2H3,(H,32,34,37);1-3,6-7,11H,4-5,8H2,(H,19,20,21);3-4,8H,5-6H2,1-2H3,(H2,11,13)/t18-,19-;11-;8-/m000/s1. The minimum absolute atomic E-state index is 0.0850. The van der Waals surface area contributed by atoms with E-state index in [2.05, 4.69) is 60.8 Å². The van der Waals surface area contributed by atoms with Gasteiger partial charge in [0.1, 0.15) is 25.4 Å². The van der Waals surface area contributed by atoms with Gasteiger partial charge < -0.3 is 54.6 Å². The van der Waals surface area contributed by atoms with Crippen molar-refractivity contribution in [1.29, 1.82) is 0 Å². The number of ether oxygens (including phenoxy) is 6. The Balaban J connectivity index is 0.000000151. The van der Waals surface area contributed by atoms with Crippen molar-refractivity contribution in [3.63, 3.8) is 0 Å². The highest BCUT2D eigenvalue weighted by atomic mass is 19.4. The molecule has 4 bridgehead atoms. The van der Waals surface area contributed by atoms with Gasteiger partial charge in [-0.05, 0) is 64.8 Å². The summed E-state index contributed by atoms with van der Waals surface area (Å²) in [5.74, 6) is 0.812. The molecule has 12 rings (SSSR count). The molecule has 78 heavy (non-hydrogen) atoms. The lowest BCUT2D eigenvalue weighted by atomic mass is 10.1. The first-order valence-corrected chi connectivity index (χ1v) is 24.9. The van der Waals surface area contributed by atoms with Crippen LogP contribution in [0.15, 0.2) is 85.5 Å². The van der Waals surface area contributed by atoms with E-state index in [9.17, 15) is 31.1 Å².